The lowest BCUT2D eigenvalue weighted by Gasteiger charge is -2.21. The number of halogens is 1. The van der Waals surface area contributed by atoms with E-state index in [1.807, 2.05) is 6.07 Å². The number of nitrogens with zero attached hydrogens (tertiary/aromatic N) is 2. The molecule has 1 aliphatic rings. The average molecular weight is 230 g/mol. The van der Waals surface area contributed by atoms with Crippen LogP contribution in [0.15, 0.2) is 17.4 Å². The van der Waals surface area contributed by atoms with Gasteiger partial charge in [0.15, 0.2) is 0 Å². The van der Waals surface area contributed by atoms with E-state index in [0.717, 1.165) is 18.1 Å². The molecule has 14 heavy (non-hydrogen) atoms. The van der Waals surface area contributed by atoms with Crippen LogP contribution in [0.2, 0.25) is 5.15 Å². The van der Waals surface area contributed by atoms with Gasteiger partial charge < -0.3 is 5.32 Å². The molecule has 1 saturated heterocycles. The molecule has 5 heteroatoms. The van der Waals surface area contributed by atoms with Gasteiger partial charge in [0, 0.05) is 11.3 Å². The van der Waals surface area contributed by atoms with Crippen molar-refractivity contribution in [1.82, 2.24) is 15.3 Å². The maximum atomic E-state index is 5.79. The fourth-order valence-corrected chi connectivity index (χ4v) is 2.78. The Balaban J connectivity index is 1.95. The summed E-state index contributed by atoms with van der Waals surface area (Å²) in [4.78, 5) is 8.04. The Hall–Kier alpha value is -0.320. The minimum absolute atomic E-state index is 0.524. The summed E-state index contributed by atoms with van der Waals surface area (Å²) in [5.41, 5.74) is 0. The van der Waals surface area contributed by atoms with Crippen LogP contribution in [0.25, 0.3) is 0 Å². The normalized spacial score (nSPS) is 18.4. The predicted octanol–water partition coefficient (Wildman–Crippen LogP) is 1.97. The molecule has 1 N–H and O–H groups in total. The highest BCUT2D eigenvalue weighted by molar-refractivity contribution is 7.99. The molecule has 3 nitrogen and oxygen atoms in total. The monoisotopic (exact) mass is 229 g/mol. The molecule has 0 aliphatic carbocycles. The molecule has 2 heterocycles. The van der Waals surface area contributed by atoms with Gasteiger partial charge in [0.1, 0.15) is 16.5 Å². The number of rotatable bonds is 2. The first-order valence-corrected chi connectivity index (χ1v) is 5.95. The summed E-state index contributed by atoms with van der Waals surface area (Å²) in [5.74, 6) is 0. The Bertz CT molecular complexity index is 302. The van der Waals surface area contributed by atoms with Gasteiger partial charge in [-0.15, -0.1) is 11.8 Å². The highest BCUT2D eigenvalue weighted by Gasteiger charge is 2.14. The fourth-order valence-electron chi connectivity index (χ4n) is 1.47. The van der Waals surface area contributed by atoms with Gasteiger partial charge >= 0.3 is 0 Å². The number of hydrogen-bond donors (Lipinski definition) is 1. The Kier molecular flexibility index (Phi) is 3.61. The summed E-state index contributed by atoms with van der Waals surface area (Å²) in [7, 11) is 0. The van der Waals surface area contributed by atoms with Gasteiger partial charge in [0.05, 0.1) is 0 Å². The highest BCUT2D eigenvalue weighted by Crippen LogP contribution is 2.27. The van der Waals surface area contributed by atoms with Crippen LogP contribution in [0.1, 0.15) is 12.8 Å². The Morgan fingerprint density at radius 2 is 2.14 bits per heavy atom. The summed E-state index contributed by atoms with van der Waals surface area (Å²) in [6.45, 7) is 2.22. The summed E-state index contributed by atoms with van der Waals surface area (Å²) < 4.78 is 0. The van der Waals surface area contributed by atoms with Crippen molar-refractivity contribution in [1.29, 1.82) is 0 Å². The SMILES string of the molecule is Clc1cc(SC2CCNCC2)ncn1. The van der Waals surface area contributed by atoms with Gasteiger partial charge in [-0.1, -0.05) is 11.6 Å². The van der Waals surface area contributed by atoms with Crippen molar-refractivity contribution in [2.75, 3.05) is 13.1 Å². The van der Waals surface area contributed by atoms with Crippen LogP contribution in [0.3, 0.4) is 0 Å². The Morgan fingerprint density at radius 3 is 2.86 bits per heavy atom. The predicted molar refractivity (Wildman–Crippen MR) is 58.8 cm³/mol. The van der Waals surface area contributed by atoms with Crippen molar-refractivity contribution in [3.8, 4) is 0 Å². The number of aromatic nitrogens is 2. The molecular weight excluding hydrogens is 218 g/mol. The van der Waals surface area contributed by atoms with Gasteiger partial charge in [0.25, 0.3) is 0 Å². The summed E-state index contributed by atoms with van der Waals surface area (Å²) in [6, 6.07) is 1.83. The van der Waals surface area contributed by atoms with Gasteiger partial charge in [-0.25, -0.2) is 9.97 Å². The van der Waals surface area contributed by atoms with Gasteiger partial charge in [0.2, 0.25) is 0 Å². The van der Waals surface area contributed by atoms with Crippen molar-refractivity contribution in [3.05, 3.63) is 17.5 Å². The zero-order chi connectivity index (χ0) is 9.80. The third kappa shape index (κ3) is 2.83. The quantitative estimate of drug-likeness (QED) is 0.787. The van der Waals surface area contributed by atoms with Crippen LogP contribution in [-0.4, -0.2) is 28.3 Å². The highest BCUT2D eigenvalue weighted by atomic mass is 35.5. The Morgan fingerprint density at radius 1 is 1.36 bits per heavy atom. The molecule has 1 aromatic rings. The third-order valence-corrected chi connectivity index (χ3v) is 3.66. The van der Waals surface area contributed by atoms with E-state index in [-0.39, 0.29) is 0 Å². The summed E-state index contributed by atoms with van der Waals surface area (Å²) in [6.07, 6.45) is 3.92. The lowest BCUT2D eigenvalue weighted by Crippen LogP contribution is -2.29. The average Bonchev–Trinajstić information content (AvgIpc) is 2.19. The standard InChI is InChI=1S/C9H12ClN3S/c10-8-5-9(13-6-12-8)14-7-1-3-11-4-2-7/h5-7,11H,1-4H2. The first-order chi connectivity index (χ1) is 6.84. The topological polar surface area (TPSA) is 37.8 Å². The van der Waals surface area contributed by atoms with Crippen LogP contribution in [0, 0.1) is 0 Å². The minimum Gasteiger partial charge on any atom is -0.317 e. The molecule has 1 fully saturated rings. The second-order valence-electron chi connectivity index (χ2n) is 3.25. The summed E-state index contributed by atoms with van der Waals surface area (Å²) >= 11 is 7.59. The zero-order valence-corrected chi connectivity index (χ0v) is 9.31. The van der Waals surface area contributed by atoms with E-state index < -0.39 is 0 Å². The van der Waals surface area contributed by atoms with Crippen molar-refractivity contribution >= 4 is 23.4 Å². The van der Waals surface area contributed by atoms with Crippen LogP contribution >= 0.6 is 23.4 Å². The first-order valence-electron chi connectivity index (χ1n) is 4.69. The van der Waals surface area contributed by atoms with Gasteiger partial charge in [-0.05, 0) is 25.9 Å². The number of thioether (sulfide) groups is 1. The van der Waals surface area contributed by atoms with Crippen molar-refractivity contribution in [3.63, 3.8) is 0 Å². The molecule has 0 aromatic carbocycles. The lowest BCUT2D eigenvalue weighted by atomic mass is 10.2. The van der Waals surface area contributed by atoms with E-state index in [2.05, 4.69) is 15.3 Å². The van der Waals surface area contributed by atoms with Crippen LogP contribution in [-0.2, 0) is 0 Å². The second-order valence-corrected chi connectivity index (χ2v) is 4.95. The van der Waals surface area contributed by atoms with Gasteiger partial charge in [-0.2, -0.15) is 0 Å². The third-order valence-electron chi connectivity index (χ3n) is 2.18. The zero-order valence-electron chi connectivity index (χ0n) is 7.74. The molecule has 0 saturated carbocycles. The minimum atomic E-state index is 0.524. The van der Waals surface area contributed by atoms with Crippen molar-refractivity contribution in [2.24, 2.45) is 0 Å². The van der Waals surface area contributed by atoms with E-state index in [0.29, 0.717) is 10.4 Å². The van der Waals surface area contributed by atoms with Crippen LogP contribution in [0.5, 0.6) is 0 Å². The first kappa shape index (κ1) is 10.2. The molecule has 0 amide bonds. The molecule has 0 unspecified atom stereocenters. The van der Waals surface area contributed by atoms with Crippen molar-refractivity contribution in [2.45, 2.75) is 23.1 Å². The maximum absolute atomic E-state index is 5.79. The maximum Gasteiger partial charge on any atom is 0.133 e. The molecule has 2 rings (SSSR count). The van der Waals surface area contributed by atoms with E-state index in [1.165, 1.54) is 19.2 Å². The van der Waals surface area contributed by atoms with E-state index in [9.17, 15) is 0 Å². The number of piperidine rings is 1. The largest absolute Gasteiger partial charge is 0.317 e. The Labute approximate surface area is 92.7 Å². The molecule has 0 bridgehead atoms. The lowest BCUT2D eigenvalue weighted by molar-refractivity contribution is 0.531. The number of nitrogens with one attached hydrogen (secondary N) is 1. The molecule has 0 spiro atoms. The van der Waals surface area contributed by atoms with E-state index >= 15 is 0 Å². The smallest absolute Gasteiger partial charge is 0.133 e. The molecule has 1 aliphatic heterocycles. The fraction of sp³-hybridized carbons (Fsp3) is 0.556. The molecular formula is C9H12ClN3S. The molecule has 0 radical (unpaired) electrons. The van der Waals surface area contributed by atoms with Gasteiger partial charge in [-0.3, -0.25) is 0 Å². The number of hydrogen-bond acceptors (Lipinski definition) is 4. The van der Waals surface area contributed by atoms with E-state index in [4.69, 9.17) is 11.6 Å². The molecule has 76 valence electrons. The second kappa shape index (κ2) is 4.96. The van der Waals surface area contributed by atoms with E-state index in [1.54, 1.807) is 11.8 Å². The van der Waals surface area contributed by atoms with Crippen LogP contribution < -0.4 is 5.32 Å². The molecule has 0 atom stereocenters. The van der Waals surface area contributed by atoms with Crippen molar-refractivity contribution < 1.29 is 0 Å². The molecule has 1 aromatic heterocycles. The van der Waals surface area contributed by atoms with Crippen LogP contribution in [0.4, 0.5) is 0 Å². The summed E-state index contributed by atoms with van der Waals surface area (Å²) in [5, 5.41) is 5.52.